The molecule has 2 N–H and O–H groups in total. The van der Waals surface area contributed by atoms with Gasteiger partial charge in [-0.3, -0.25) is 9.59 Å². The standard InChI is InChI=1S/C21H18N2O5S/c1-27-17-8-3-7-16(12-17)22-19(24)13-28-21(26)14-5-2-6-15(11-14)23-20(25)18-9-4-10-29-18/h2-12H,13H2,1H3,(H,22,24)(H,23,25). The van der Waals surface area contributed by atoms with Crippen molar-refractivity contribution in [3.8, 4) is 5.75 Å². The van der Waals surface area contributed by atoms with E-state index in [4.69, 9.17) is 9.47 Å². The second-order valence-corrected chi connectivity index (χ2v) is 6.82. The van der Waals surface area contributed by atoms with Crippen LogP contribution >= 0.6 is 11.3 Å². The monoisotopic (exact) mass is 410 g/mol. The molecule has 0 saturated heterocycles. The number of ether oxygens (including phenoxy) is 2. The summed E-state index contributed by atoms with van der Waals surface area (Å²) in [5.74, 6) is -0.809. The molecule has 0 unspecified atom stereocenters. The molecule has 0 radical (unpaired) electrons. The van der Waals surface area contributed by atoms with Crippen LogP contribution in [0.3, 0.4) is 0 Å². The summed E-state index contributed by atoms with van der Waals surface area (Å²) in [6.07, 6.45) is 0. The number of anilines is 2. The van der Waals surface area contributed by atoms with Crippen molar-refractivity contribution >= 4 is 40.5 Å². The number of carbonyl (C=O) groups excluding carboxylic acids is 3. The third kappa shape index (κ3) is 5.66. The first-order chi connectivity index (χ1) is 14.0. The van der Waals surface area contributed by atoms with E-state index in [0.29, 0.717) is 22.0 Å². The average Bonchev–Trinajstić information content (AvgIpc) is 3.27. The first-order valence-electron chi connectivity index (χ1n) is 8.61. The van der Waals surface area contributed by atoms with Crippen molar-refractivity contribution in [1.29, 1.82) is 0 Å². The van der Waals surface area contributed by atoms with E-state index in [0.717, 1.165) is 0 Å². The predicted octanol–water partition coefficient (Wildman–Crippen LogP) is 3.80. The second kappa shape index (κ2) is 9.52. The molecule has 0 fully saturated rings. The molecule has 148 valence electrons. The highest BCUT2D eigenvalue weighted by molar-refractivity contribution is 7.12. The van der Waals surface area contributed by atoms with E-state index >= 15 is 0 Å². The highest BCUT2D eigenvalue weighted by Gasteiger charge is 2.13. The van der Waals surface area contributed by atoms with Gasteiger partial charge in [0, 0.05) is 17.4 Å². The van der Waals surface area contributed by atoms with Crippen molar-refractivity contribution < 1.29 is 23.9 Å². The highest BCUT2D eigenvalue weighted by Crippen LogP contribution is 2.17. The van der Waals surface area contributed by atoms with E-state index in [1.54, 1.807) is 60.0 Å². The first-order valence-corrected chi connectivity index (χ1v) is 9.49. The molecule has 1 heterocycles. The number of hydrogen-bond acceptors (Lipinski definition) is 6. The molecule has 0 saturated carbocycles. The Morgan fingerprint density at radius 2 is 1.69 bits per heavy atom. The van der Waals surface area contributed by atoms with Crippen LogP contribution in [0.25, 0.3) is 0 Å². The fourth-order valence-corrected chi connectivity index (χ4v) is 3.06. The van der Waals surface area contributed by atoms with Crippen LogP contribution in [0.4, 0.5) is 11.4 Å². The lowest BCUT2D eigenvalue weighted by Crippen LogP contribution is -2.21. The van der Waals surface area contributed by atoms with Gasteiger partial charge in [0.15, 0.2) is 6.61 Å². The van der Waals surface area contributed by atoms with Gasteiger partial charge in [-0.15, -0.1) is 11.3 Å². The van der Waals surface area contributed by atoms with Gasteiger partial charge in [0.05, 0.1) is 17.6 Å². The van der Waals surface area contributed by atoms with Crippen LogP contribution in [-0.4, -0.2) is 31.5 Å². The molecule has 7 nitrogen and oxygen atoms in total. The maximum atomic E-state index is 12.2. The lowest BCUT2D eigenvalue weighted by Gasteiger charge is -2.09. The molecule has 0 aliphatic carbocycles. The summed E-state index contributed by atoms with van der Waals surface area (Å²) in [6.45, 7) is -0.443. The van der Waals surface area contributed by atoms with Crippen molar-refractivity contribution in [2.75, 3.05) is 24.4 Å². The molecule has 0 spiro atoms. The number of carbonyl (C=O) groups is 3. The Kier molecular flexibility index (Phi) is 6.59. The fraction of sp³-hybridized carbons (Fsp3) is 0.0952. The smallest absolute Gasteiger partial charge is 0.338 e. The van der Waals surface area contributed by atoms with E-state index in [9.17, 15) is 14.4 Å². The van der Waals surface area contributed by atoms with Gasteiger partial charge in [-0.2, -0.15) is 0 Å². The summed E-state index contributed by atoms with van der Waals surface area (Å²) >= 11 is 1.32. The molecule has 29 heavy (non-hydrogen) atoms. The maximum absolute atomic E-state index is 12.2. The molecule has 3 aromatic rings. The van der Waals surface area contributed by atoms with E-state index in [1.807, 2.05) is 0 Å². The average molecular weight is 410 g/mol. The minimum atomic E-state index is -0.669. The molecule has 0 bridgehead atoms. The largest absolute Gasteiger partial charge is 0.497 e. The number of esters is 1. The molecule has 1 aromatic heterocycles. The minimum absolute atomic E-state index is 0.225. The summed E-state index contributed by atoms with van der Waals surface area (Å²) in [4.78, 5) is 36.9. The number of methoxy groups -OCH3 is 1. The summed E-state index contributed by atoms with van der Waals surface area (Å²) in [5, 5.41) is 7.15. The molecule has 8 heteroatoms. The van der Waals surface area contributed by atoms with Crippen LogP contribution in [-0.2, 0) is 9.53 Å². The van der Waals surface area contributed by atoms with Crippen LogP contribution in [0.2, 0.25) is 0 Å². The van der Waals surface area contributed by atoms with Crippen molar-refractivity contribution in [1.82, 2.24) is 0 Å². The molecule has 3 rings (SSSR count). The topological polar surface area (TPSA) is 93.7 Å². The van der Waals surface area contributed by atoms with Crippen LogP contribution in [0, 0.1) is 0 Å². The molecule has 0 aliphatic heterocycles. The predicted molar refractivity (Wildman–Crippen MR) is 111 cm³/mol. The lowest BCUT2D eigenvalue weighted by molar-refractivity contribution is -0.119. The van der Waals surface area contributed by atoms with E-state index in [2.05, 4.69) is 10.6 Å². The van der Waals surface area contributed by atoms with Crippen molar-refractivity contribution in [3.05, 3.63) is 76.5 Å². The van der Waals surface area contributed by atoms with Gasteiger partial charge in [-0.25, -0.2) is 4.79 Å². The quantitative estimate of drug-likeness (QED) is 0.578. The number of rotatable bonds is 7. The zero-order valence-electron chi connectivity index (χ0n) is 15.5. The summed E-state index contributed by atoms with van der Waals surface area (Å²) in [5.41, 5.74) is 1.21. The Morgan fingerprint density at radius 3 is 2.41 bits per heavy atom. The van der Waals surface area contributed by atoms with Crippen molar-refractivity contribution in [2.45, 2.75) is 0 Å². The van der Waals surface area contributed by atoms with Crippen LogP contribution < -0.4 is 15.4 Å². The normalized spacial score (nSPS) is 10.1. The lowest BCUT2D eigenvalue weighted by atomic mass is 10.2. The van der Waals surface area contributed by atoms with Gasteiger partial charge in [-0.05, 0) is 41.8 Å². The zero-order valence-corrected chi connectivity index (χ0v) is 16.3. The molecule has 2 aromatic carbocycles. The molecule has 2 amide bonds. The second-order valence-electron chi connectivity index (χ2n) is 5.87. The Labute approximate surface area is 171 Å². The molecular formula is C21H18N2O5S. The molecular weight excluding hydrogens is 392 g/mol. The number of thiophene rings is 1. The first kappa shape index (κ1) is 20.1. The van der Waals surface area contributed by atoms with E-state index in [1.165, 1.54) is 24.5 Å². The summed E-state index contributed by atoms with van der Waals surface area (Å²) in [6, 6.07) is 16.6. The van der Waals surface area contributed by atoms with Crippen LogP contribution in [0.5, 0.6) is 5.75 Å². The molecule has 0 atom stereocenters. The minimum Gasteiger partial charge on any atom is -0.497 e. The highest BCUT2D eigenvalue weighted by atomic mass is 32.1. The summed E-state index contributed by atoms with van der Waals surface area (Å²) < 4.78 is 10.1. The van der Waals surface area contributed by atoms with Gasteiger partial charge in [0.25, 0.3) is 11.8 Å². The summed E-state index contributed by atoms with van der Waals surface area (Å²) in [7, 11) is 1.53. The maximum Gasteiger partial charge on any atom is 0.338 e. The zero-order chi connectivity index (χ0) is 20.6. The number of amides is 2. The third-order valence-corrected chi connectivity index (χ3v) is 4.66. The van der Waals surface area contributed by atoms with Crippen LogP contribution in [0.15, 0.2) is 66.0 Å². The van der Waals surface area contributed by atoms with Crippen LogP contribution in [0.1, 0.15) is 20.0 Å². The number of benzene rings is 2. The van der Waals surface area contributed by atoms with E-state index in [-0.39, 0.29) is 11.5 Å². The Hall–Kier alpha value is -3.65. The van der Waals surface area contributed by atoms with Crippen molar-refractivity contribution in [3.63, 3.8) is 0 Å². The van der Waals surface area contributed by atoms with Gasteiger partial charge in [0.1, 0.15) is 5.75 Å². The molecule has 0 aliphatic rings. The van der Waals surface area contributed by atoms with Gasteiger partial charge >= 0.3 is 5.97 Å². The number of hydrogen-bond donors (Lipinski definition) is 2. The Balaban J connectivity index is 1.55. The third-order valence-electron chi connectivity index (χ3n) is 3.79. The van der Waals surface area contributed by atoms with E-state index < -0.39 is 18.5 Å². The Morgan fingerprint density at radius 1 is 0.931 bits per heavy atom. The fourth-order valence-electron chi connectivity index (χ4n) is 2.44. The van der Waals surface area contributed by atoms with Gasteiger partial charge < -0.3 is 20.1 Å². The SMILES string of the molecule is COc1cccc(NC(=O)COC(=O)c2cccc(NC(=O)c3cccs3)c2)c1. The Bertz CT molecular complexity index is 1020. The number of nitrogens with one attached hydrogen (secondary N) is 2. The van der Waals surface area contributed by atoms with Gasteiger partial charge in [-0.1, -0.05) is 18.2 Å². The van der Waals surface area contributed by atoms with Gasteiger partial charge in [0.2, 0.25) is 0 Å². The van der Waals surface area contributed by atoms with Crippen molar-refractivity contribution in [2.24, 2.45) is 0 Å².